The Morgan fingerprint density at radius 3 is 2.81 bits per heavy atom. The predicted molar refractivity (Wildman–Crippen MR) is 52.7 cm³/mol. The van der Waals surface area contributed by atoms with E-state index in [1.54, 1.807) is 6.07 Å². The number of nitrogens with zero attached hydrogens (tertiary/aromatic N) is 2. The minimum absolute atomic E-state index is 0.0225. The third-order valence-electron chi connectivity index (χ3n) is 2.26. The summed E-state index contributed by atoms with van der Waals surface area (Å²) >= 11 is 0. The maximum absolute atomic E-state index is 11.8. The van der Waals surface area contributed by atoms with Crippen LogP contribution in [-0.4, -0.2) is 23.7 Å². The number of fused-ring (bicyclic) bond motifs is 1. The Balaban J connectivity index is 2.73. The molecule has 0 aromatic carbocycles. The number of aromatic nitrogens is 1. The number of ketones is 2. The summed E-state index contributed by atoms with van der Waals surface area (Å²) in [6, 6.07) is 3.20. The zero-order valence-electron chi connectivity index (χ0n) is 8.35. The number of ether oxygens (including phenoxy) is 1. The quantitative estimate of drug-likeness (QED) is 0.692. The molecule has 0 unspecified atom stereocenters. The third-order valence-corrected chi connectivity index (χ3v) is 2.26. The second kappa shape index (κ2) is 3.59. The van der Waals surface area contributed by atoms with E-state index in [0.29, 0.717) is 0 Å². The van der Waals surface area contributed by atoms with Gasteiger partial charge < -0.3 is 4.74 Å². The molecular formula is C11H6N2O3. The Hall–Kier alpha value is -2.48. The normalized spacial score (nSPS) is 13.9. The van der Waals surface area contributed by atoms with Crippen LogP contribution in [0.25, 0.3) is 0 Å². The second-order valence-electron chi connectivity index (χ2n) is 3.10. The first-order valence-electron chi connectivity index (χ1n) is 4.43. The van der Waals surface area contributed by atoms with E-state index in [1.165, 1.54) is 19.4 Å². The standard InChI is InChI=1S/C11H6N2O3/c1-16-9-4-8(14)6-2-3-13-7(5-12)10(6)11(9)15/h2-4H,1H3. The van der Waals surface area contributed by atoms with Crippen molar-refractivity contribution in [2.45, 2.75) is 0 Å². The Kier molecular flexibility index (Phi) is 2.25. The van der Waals surface area contributed by atoms with Crippen molar-refractivity contribution in [3.8, 4) is 6.07 Å². The van der Waals surface area contributed by atoms with Crippen molar-refractivity contribution in [2.75, 3.05) is 7.11 Å². The topological polar surface area (TPSA) is 80.0 Å². The van der Waals surface area contributed by atoms with Crippen molar-refractivity contribution in [2.24, 2.45) is 0 Å². The largest absolute Gasteiger partial charge is 0.492 e. The number of carbonyl (C=O) groups is 2. The fraction of sp³-hybridized carbons (Fsp3) is 0.0909. The molecule has 0 amide bonds. The smallest absolute Gasteiger partial charge is 0.231 e. The molecule has 0 aliphatic heterocycles. The first kappa shape index (κ1) is 10.1. The van der Waals surface area contributed by atoms with Gasteiger partial charge in [-0.05, 0) is 6.07 Å². The van der Waals surface area contributed by atoms with Gasteiger partial charge in [-0.1, -0.05) is 0 Å². The fourth-order valence-electron chi connectivity index (χ4n) is 1.52. The molecule has 0 saturated heterocycles. The zero-order valence-corrected chi connectivity index (χ0v) is 8.35. The maximum Gasteiger partial charge on any atom is 0.231 e. The summed E-state index contributed by atoms with van der Waals surface area (Å²) in [5.41, 5.74) is 0.158. The molecule has 0 saturated carbocycles. The van der Waals surface area contributed by atoms with Gasteiger partial charge in [-0.2, -0.15) is 5.26 Å². The van der Waals surface area contributed by atoms with Crippen LogP contribution in [0, 0.1) is 11.3 Å². The van der Waals surface area contributed by atoms with Crippen LogP contribution in [0.4, 0.5) is 0 Å². The molecule has 0 fully saturated rings. The highest BCUT2D eigenvalue weighted by Crippen LogP contribution is 2.23. The summed E-state index contributed by atoms with van der Waals surface area (Å²) in [7, 11) is 1.30. The van der Waals surface area contributed by atoms with Crippen molar-refractivity contribution in [3.05, 3.63) is 40.9 Å². The van der Waals surface area contributed by atoms with Crippen LogP contribution in [0.2, 0.25) is 0 Å². The predicted octanol–water partition coefficient (Wildman–Crippen LogP) is 0.863. The van der Waals surface area contributed by atoms with Gasteiger partial charge in [-0.25, -0.2) is 4.98 Å². The highest BCUT2D eigenvalue weighted by atomic mass is 16.5. The molecule has 0 N–H and O–H groups in total. The minimum Gasteiger partial charge on any atom is -0.492 e. The summed E-state index contributed by atoms with van der Waals surface area (Å²) in [4.78, 5) is 27.2. The average molecular weight is 214 g/mol. The van der Waals surface area contributed by atoms with Gasteiger partial charge in [0.1, 0.15) is 6.07 Å². The zero-order chi connectivity index (χ0) is 11.7. The van der Waals surface area contributed by atoms with Gasteiger partial charge in [0.15, 0.2) is 17.2 Å². The van der Waals surface area contributed by atoms with E-state index in [-0.39, 0.29) is 28.4 Å². The number of methoxy groups -OCH3 is 1. The van der Waals surface area contributed by atoms with Crippen LogP contribution in [0.15, 0.2) is 24.1 Å². The molecule has 0 radical (unpaired) electrons. The molecular weight excluding hydrogens is 208 g/mol. The Morgan fingerprint density at radius 2 is 2.19 bits per heavy atom. The van der Waals surface area contributed by atoms with Gasteiger partial charge in [-0.3, -0.25) is 9.59 Å². The SMILES string of the molecule is COC1=CC(=O)c2ccnc(C#N)c2C1=O. The van der Waals surface area contributed by atoms with E-state index >= 15 is 0 Å². The molecule has 1 aromatic rings. The molecule has 1 aliphatic carbocycles. The number of hydrogen-bond donors (Lipinski definition) is 0. The molecule has 5 heteroatoms. The number of hydrogen-bond acceptors (Lipinski definition) is 5. The molecule has 5 nitrogen and oxygen atoms in total. The molecule has 0 bridgehead atoms. The first-order chi connectivity index (χ1) is 7.69. The molecule has 1 aliphatic rings. The summed E-state index contributed by atoms with van der Waals surface area (Å²) in [5, 5.41) is 8.82. The van der Waals surface area contributed by atoms with E-state index in [1.807, 2.05) is 0 Å². The fourth-order valence-corrected chi connectivity index (χ4v) is 1.52. The summed E-state index contributed by atoms with van der Waals surface area (Å²) < 4.78 is 4.78. The minimum atomic E-state index is -0.484. The van der Waals surface area contributed by atoms with E-state index in [2.05, 4.69) is 4.98 Å². The molecule has 78 valence electrons. The molecule has 2 rings (SSSR count). The van der Waals surface area contributed by atoms with E-state index < -0.39 is 5.78 Å². The van der Waals surface area contributed by atoms with Crippen molar-refractivity contribution in [1.82, 2.24) is 4.98 Å². The van der Waals surface area contributed by atoms with Crippen LogP contribution in [0.3, 0.4) is 0 Å². The lowest BCUT2D eigenvalue weighted by molar-refractivity contribution is 0.0916. The maximum atomic E-state index is 11.8. The first-order valence-corrected chi connectivity index (χ1v) is 4.43. The van der Waals surface area contributed by atoms with Crippen LogP contribution < -0.4 is 0 Å². The van der Waals surface area contributed by atoms with E-state index in [9.17, 15) is 9.59 Å². The monoisotopic (exact) mass is 214 g/mol. The van der Waals surface area contributed by atoms with Crippen molar-refractivity contribution in [1.29, 1.82) is 5.26 Å². The van der Waals surface area contributed by atoms with E-state index in [0.717, 1.165) is 6.08 Å². The summed E-state index contributed by atoms with van der Waals surface area (Å²) in [6.07, 6.45) is 2.44. The summed E-state index contributed by atoms with van der Waals surface area (Å²) in [6.45, 7) is 0. The van der Waals surface area contributed by atoms with Crippen molar-refractivity contribution < 1.29 is 14.3 Å². The second-order valence-corrected chi connectivity index (χ2v) is 3.10. The van der Waals surface area contributed by atoms with Gasteiger partial charge in [0, 0.05) is 17.8 Å². The average Bonchev–Trinajstić information content (AvgIpc) is 2.32. The number of nitriles is 1. The van der Waals surface area contributed by atoms with Gasteiger partial charge in [0.25, 0.3) is 0 Å². The van der Waals surface area contributed by atoms with Crippen LogP contribution in [0.1, 0.15) is 26.4 Å². The number of carbonyl (C=O) groups excluding carboxylic acids is 2. The van der Waals surface area contributed by atoms with E-state index in [4.69, 9.17) is 10.00 Å². The van der Waals surface area contributed by atoms with Gasteiger partial charge in [0.05, 0.1) is 12.7 Å². The Labute approximate surface area is 91.0 Å². The Bertz CT molecular complexity index is 567. The van der Waals surface area contributed by atoms with Crippen LogP contribution in [-0.2, 0) is 4.74 Å². The highest BCUT2D eigenvalue weighted by molar-refractivity contribution is 6.24. The lowest BCUT2D eigenvalue weighted by Gasteiger charge is -2.13. The van der Waals surface area contributed by atoms with Crippen molar-refractivity contribution >= 4 is 11.6 Å². The van der Waals surface area contributed by atoms with Crippen LogP contribution in [0.5, 0.6) is 0 Å². The number of pyridine rings is 1. The lowest BCUT2D eigenvalue weighted by atomic mass is 9.93. The lowest BCUT2D eigenvalue weighted by Crippen LogP contribution is -2.20. The van der Waals surface area contributed by atoms with Gasteiger partial charge in [0.2, 0.25) is 5.78 Å². The molecule has 1 aromatic heterocycles. The third kappa shape index (κ3) is 1.28. The molecule has 0 atom stereocenters. The van der Waals surface area contributed by atoms with Gasteiger partial charge >= 0.3 is 0 Å². The Morgan fingerprint density at radius 1 is 1.44 bits per heavy atom. The number of Topliss-reactive ketones (excluding diaryl/α,β-unsaturated/α-hetero) is 1. The van der Waals surface area contributed by atoms with Gasteiger partial charge in [-0.15, -0.1) is 0 Å². The molecule has 0 spiro atoms. The van der Waals surface area contributed by atoms with Crippen LogP contribution >= 0.6 is 0 Å². The molecule has 1 heterocycles. The highest BCUT2D eigenvalue weighted by Gasteiger charge is 2.29. The van der Waals surface area contributed by atoms with Crippen molar-refractivity contribution in [3.63, 3.8) is 0 Å². The summed E-state index contributed by atoms with van der Waals surface area (Å²) in [5.74, 6) is -0.908. The number of allylic oxidation sites excluding steroid dienone is 2. The number of rotatable bonds is 1. The molecule has 16 heavy (non-hydrogen) atoms.